The highest BCUT2D eigenvalue weighted by atomic mass is 16.4. The molecule has 21 heavy (non-hydrogen) atoms. The van der Waals surface area contributed by atoms with Gasteiger partial charge < -0.3 is 15.3 Å². The number of rotatable bonds is 2. The van der Waals surface area contributed by atoms with Crippen molar-refractivity contribution in [1.82, 2.24) is 15.0 Å². The van der Waals surface area contributed by atoms with E-state index in [0.717, 1.165) is 5.56 Å². The minimum atomic E-state index is -0.594. The second-order valence-electron chi connectivity index (χ2n) is 4.64. The van der Waals surface area contributed by atoms with Crippen LogP contribution in [-0.4, -0.2) is 26.0 Å². The van der Waals surface area contributed by atoms with Crippen molar-refractivity contribution in [3.63, 3.8) is 0 Å². The van der Waals surface area contributed by atoms with Gasteiger partial charge >= 0.3 is 0 Å². The van der Waals surface area contributed by atoms with Crippen LogP contribution in [0.15, 0.2) is 22.7 Å². The first kappa shape index (κ1) is 13.0. The lowest BCUT2D eigenvalue weighted by molar-refractivity contribution is 0.100. The van der Waals surface area contributed by atoms with Crippen molar-refractivity contribution in [2.75, 3.05) is 0 Å². The molecule has 7 heteroatoms. The number of nitrogens with zero attached hydrogens (tertiary/aromatic N) is 3. The number of nitrogens with two attached hydrogens (primary N) is 1. The molecule has 3 aromatic rings. The highest BCUT2D eigenvalue weighted by molar-refractivity contribution is 6.04. The Morgan fingerprint density at radius 2 is 2.05 bits per heavy atom. The molecule has 106 valence electrons. The lowest BCUT2D eigenvalue weighted by Crippen LogP contribution is -2.11. The number of hydrogen-bond acceptors (Lipinski definition) is 6. The number of carbonyl (C=O) groups is 1. The minimum absolute atomic E-state index is 0.116. The molecule has 0 atom stereocenters. The number of oxazole rings is 1. The number of primary amides is 1. The largest absolute Gasteiger partial charge is 0.504 e. The van der Waals surface area contributed by atoms with Gasteiger partial charge in [-0.1, -0.05) is 6.07 Å². The molecular weight excluding hydrogens is 272 g/mol. The van der Waals surface area contributed by atoms with E-state index in [2.05, 4.69) is 15.0 Å². The third-order valence-electron chi connectivity index (χ3n) is 3.10. The zero-order valence-electron chi connectivity index (χ0n) is 11.4. The van der Waals surface area contributed by atoms with Gasteiger partial charge in [-0.25, -0.2) is 15.0 Å². The van der Waals surface area contributed by atoms with Crippen molar-refractivity contribution in [2.45, 2.75) is 13.8 Å². The van der Waals surface area contributed by atoms with Gasteiger partial charge in [0.2, 0.25) is 5.89 Å². The first-order valence-corrected chi connectivity index (χ1v) is 6.20. The van der Waals surface area contributed by atoms with Crippen LogP contribution in [0.5, 0.6) is 5.75 Å². The summed E-state index contributed by atoms with van der Waals surface area (Å²) in [6.07, 6.45) is 1.27. The topological polar surface area (TPSA) is 115 Å². The van der Waals surface area contributed by atoms with Gasteiger partial charge in [-0.2, -0.15) is 0 Å². The second kappa shape index (κ2) is 4.55. The maximum Gasteiger partial charge on any atom is 0.251 e. The van der Waals surface area contributed by atoms with Gasteiger partial charge in [0, 0.05) is 0 Å². The molecule has 1 aromatic carbocycles. The van der Waals surface area contributed by atoms with Crippen molar-refractivity contribution in [2.24, 2.45) is 5.73 Å². The standard InChI is InChI=1S/C14H12N4O3/c1-6-3-4-8(13(15)20)10-12(6)21-14(18-10)11-9(19)5-16-7(2)17-11/h3-5,19H,1-2H3,(H2,15,20). The number of aromatic nitrogens is 3. The third-order valence-corrected chi connectivity index (χ3v) is 3.10. The Kier molecular flexibility index (Phi) is 2.83. The molecule has 0 saturated carbocycles. The zero-order valence-corrected chi connectivity index (χ0v) is 11.4. The number of fused-ring (bicyclic) bond motifs is 1. The van der Waals surface area contributed by atoms with E-state index >= 15 is 0 Å². The van der Waals surface area contributed by atoms with E-state index in [1.807, 2.05) is 6.92 Å². The smallest absolute Gasteiger partial charge is 0.251 e. The molecule has 7 nitrogen and oxygen atoms in total. The van der Waals surface area contributed by atoms with Crippen LogP contribution in [0.1, 0.15) is 21.7 Å². The number of aryl methyl sites for hydroxylation is 2. The summed E-state index contributed by atoms with van der Waals surface area (Å²) in [6.45, 7) is 3.51. The summed E-state index contributed by atoms with van der Waals surface area (Å²) >= 11 is 0. The van der Waals surface area contributed by atoms with E-state index in [-0.39, 0.29) is 22.9 Å². The monoisotopic (exact) mass is 284 g/mol. The van der Waals surface area contributed by atoms with Crippen LogP contribution >= 0.6 is 0 Å². The Labute approximate surface area is 119 Å². The molecular formula is C14H12N4O3. The predicted octanol–water partition coefficient (Wildman–Crippen LogP) is 1.71. The van der Waals surface area contributed by atoms with Gasteiger partial charge in [0.15, 0.2) is 17.0 Å². The number of aromatic hydroxyl groups is 1. The molecule has 3 N–H and O–H groups in total. The summed E-state index contributed by atoms with van der Waals surface area (Å²) in [5, 5.41) is 9.84. The maximum atomic E-state index is 11.5. The number of benzene rings is 1. The second-order valence-corrected chi connectivity index (χ2v) is 4.64. The van der Waals surface area contributed by atoms with Crippen LogP contribution in [0.4, 0.5) is 0 Å². The highest BCUT2D eigenvalue weighted by Gasteiger charge is 2.19. The molecule has 0 aliphatic heterocycles. The van der Waals surface area contributed by atoms with Crippen molar-refractivity contribution in [1.29, 1.82) is 0 Å². The fourth-order valence-corrected chi connectivity index (χ4v) is 2.05. The van der Waals surface area contributed by atoms with Gasteiger partial charge in [0.25, 0.3) is 5.91 Å². The average Bonchev–Trinajstić information content (AvgIpc) is 2.87. The summed E-state index contributed by atoms with van der Waals surface area (Å²) in [7, 11) is 0. The first-order valence-electron chi connectivity index (χ1n) is 6.20. The van der Waals surface area contributed by atoms with Gasteiger partial charge in [-0.15, -0.1) is 0 Å². The lowest BCUT2D eigenvalue weighted by atomic mass is 10.1. The first-order chi connectivity index (χ1) is 9.97. The van der Waals surface area contributed by atoms with E-state index in [9.17, 15) is 9.90 Å². The summed E-state index contributed by atoms with van der Waals surface area (Å²) < 4.78 is 5.64. The molecule has 0 radical (unpaired) electrons. The minimum Gasteiger partial charge on any atom is -0.504 e. The van der Waals surface area contributed by atoms with Crippen molar-refractivity contribution in [3.8, 4) is 17.3 Å². The lowest BCUT2D eigenvalue weighted by Gasteiger charge is -1.99. The van der Waals surface area contributed by atoms with Gasteiger partial charge in [-0.3, -0.25) is 4.79 Å². The van der Waals surface area contributed by atoms with Gasteiger partial charge in [0.05, 0.1) is 11.8 Å². The van der Waals surface area contributed by atoms with Crippen molar-refractivity contribution < 1.29 is 14.3 Å². The molecule has 3 rings (SSSR count). The van der Waals surface area contributed by atoms with Crippen LogP contribution in [0, 0.1) is 13.8 Å². The summed E-state index contributed by atoms with van der Waals surface area (Å²) in [6, 6.07) is 3.32. The predicted molar refractivity (Wildman–Crippen MR) is 74.7 cm³/mol. The molecule has 2 heterocycles. The SMILES string of the molecule is Cc1ncc(O)c(-c2nc3c(C(N)=O)ccc(C)c3o2)n1. The summed E-state index contributed by atoms with van der Waals surface area (Å²) in [5.74, 6) is -0.157. The normalized spacial score (nSPS) is 11.0. The molecule has 0 spiro atoms. The Morgan fingerprint density at radius 3 is 2.76 bits per heavy atom. The molecule has 2 aromatic heterocycles. The van der Waals surface area contributed by atoms with Crippen molar-refractivity contribution in [3.05, 3.63) is 35.3 Å². The number of hydrogen-bond donors (Lipinski definition) is 2. The van der Waals surface area contributed by atoms with E-state index in [4.69, 9.17) is 10.2 Å². The number of carbonyl (C=O) groups excluding carboxylic acids is 1. The molecule has 0 aliphatic carbocycles. The quantitative estimate of drug-likeness (QED) is 0.740. The van der Waals surface area contributed by atoms with Crippen LogP contribution in [-0.2, 0) is 0 Å². The molecule has 0 bridgehead atoms. The van der Waals surface area contributed by atoms with Gasteiger partial charge in [0.1, 0.15) is 11.3 Å². The van der Waals surface area contributed by atoms with E-state index in [0.29, 0.717) is 16.9 Å². The number of amides is 1. The van der Waals surface area contributed by atoms with Gasteiger partial charge in [-0.05, 0) is 25.5 Å². The van der Waals surface area contributed by atoms with E-state index in [1.165, 1.54) is 6.20 Å². The summed E-state index contributed by atoms with van der Waals surface area (Å²) in [4.78, 5) is 23.7. The Hall–Kier alpha value is -2.96. The third kappa shape index (κ3) is 2.08. The summed E-state index contributed by atoms with van der Waals surface area (Å²) in [5.41, 5.74) is 7.37. The van der Waals surface area contributed by atoms with Crippen LogP contribution in [0.25, 0.3) is 22.7 Å². The molecule has 1 amide bonds. The highest BCUT2D eigenvalue weighted by Crippen LogP contribution is 2.31. The van der Waals surface area contributed by atoms with Crippen LogP contribution < -0.4 is 5.73 Å². The van der Waals surface area contributed by atoms with Crippen LogP contribution in [0.2, 0.25) is 0 Å². The van der Waals surface area contributed by atoms with E-state index in [1.54, 1.807) is 19.1 Å². The molecule has 0 unspecified atom stereocenters. The van der Waals surface area contributed by atoms with Crippen LogP contribution in [0.3, 0.4) is 0 Å². The molecule has 0 aliphatic rings. The molecule has 0 saturated heterocycles. The zero-order chi connectivity index (χ0) is 15.1. The average molecular weight is 284 g/mol. The Morgan fingerprint density at radius 1 is 1.29 bits per heavy atom. The fourth-order valence-electron chi connectivity index (χ4n) is 2.05. The van der Waals surface area contributed by atoms with E-state index < -0.39 is 5.91 Å². The maximum absolute atomic E-state index is 11.5. The Bertz CT molecular complexity index is 870. The fraction of sp³-hybridized carbons (Fsp3) is 0.143. The molecule has 0 fully saturated rings. The van der Waals surface area contributed by atoms with Crippen molar-refractivity contribution >= 4 is 17.0 Å². The Balaban J connectivity index is 2.31.